The minimum atomic E-state index is -3.77. The van der Waals surface area contributed by atoms with E-state index in [1.165, 1.54) is 21.3 Å². The maximum Gasteiger partial charge on any atom is 0.254 e. The largest absolute Gasteiger partial charge is 0.493 e. The SMILES string of the molecule is CNS(=O)(=O)c1ccc(F)c(C(=O)NCCc2ccc(OC)c(OC)c2)c1. The second kappa shape index (κ2) is 8.83. The molecule has 2 aromatic rings. The molecule has 2 aromatic carbocycles. The number of methoxy groups -OCH3 is 2. The molecule has 0 radical (unpaired) electrons. The molecule has 0 saturated carbocycles. The third kappa shape index (κ3) is 4.95. The molecular formula is C18H21FN2O5S. The first-order valence-corrected chi connectivity index (χ1v) is 9.53. The average molecular weight is 396 g/mol. The van der Waals surface area contributed by atoms with Crippen LogP contribution in [-0.2, 0) is 16.4 Å². The summed E-state index contributed by atoms with van der Waals surface area (Å²) in [5.41, 5.74) is 0.554. The van der Waals surface area contributed by atoms with Gasteiger partial charge >= 0.3 is 0 Å². The van der Waals surface area contributed by atoms with E-state index in [-0.39, 0.29) is 17.0 Å². The van der Waals surface area contributed by atoms with Crippen molar-refractivity contribution < 1.29 is 27.1 Å². The van der Waals surface area contributed by atoms with Crippen LogP contribution in [0.15, 0.2) is 41.3 Å². The lowest BCUT2D eigenvalue weighted by Crippen LogP contribution is -2.27. The Balaban J connectivity index is 2.07. The zero-order chi connectivity index (χ0) is 20.0. The molecule has 9 heteroatoms. The van der Waals surface area contributed by atoms with Crippen LogP contribution in [0.2, 0.25) is 0 Å². The van der Waals surface area contributed by atoms with E-state index in [0.717, 1.165) is 23.8 Å². The van der Waals surface area contributed by atoms with Crippen LogP contribution in [0.5, 0.6) is 11.5 Å². The van der Waals surface area contributed by atoms with Gasteiger partial charge in [0.05, 0.1) is 24.7 Å². The molecule has 0 aliphatic rings. The maximum atomic E-state index is 13.9. The number of carbonyl (C=O) groups is 1. The highest BCUT2D eigenvalue weighted by atomic mass is 32.2. The smallest absolute Gasteiger partial charge is 0.254 e. The summed E-state index contributed by atoms with van der Waals surface area (Å²) in [4.78, 5) is 12.1. The normalized spacial score (nSPS) is 11.1. The minimum absolute atomic E-state index is 0.184. The van der Waals surface area contributed by atoms with Crippen molar-refractivity contribution in [3.8, 4) is 11.5 Å². The van der Waals surface area contributed by atoms with E-state index >= 15 is 0 Å². The summed E-state index contributed by atoms with van der Waals surface area (Å²) < 4.78 is 50.1. The summed E-state index contributed by atoms with van der Waals surface area (Å²) in [6, 6.07) is 8.42. The van der Waals surface area contributed by atoms with Crippen molar-refractivity contribution in [1.29, 1.82) is 0 Å². The Bertz CT molecular complexity index is 931. The summed E-state index contributed by atoms with van der Waals surface area (Å²) in [5.74, 6) is -0.331. The van der Waals surface area contributed by atoms with Crippen molar-refractivity contribution in [3.63, 3.8) is 0 Å². The van der Waals surface area contributed by atoms with Crippen LogP contribution in [-0.4, -0.2) is 42.1 Å². The molecule has 0 bridgehead atoms. The van der Waals surface area contributed by atoms with E-state index < -0.39 is 21.7 Å². The van der Waals surface area contributed by atoms with Crippen LogP contribution < -0.4 is 19.5 Å². The van der Waals surface area contributed by atoms with Crippen LogP contribution >= 0.6 is 0 Å². The third-order valence-electron chi connectivity index (χ3n) is 3.91. The van der Waals surface area contributed by atoms with Gasteiger partial charge in [-0.2, -0.15) is 0 Å². The summed E-state index contributed by atoms with van der Waals surface area (Å²) in [7, 11) is 0.529. The molecule has 0 aliphatic carbocycles. The average Bonchev–Trinajstić information content (AvgIpc) is 2.67. The van der Waals surface area contributed by atoms with Crippen LogP contribution in [0.25, 0.3) is 0 Å². The highest BCUT2D eigenvalue weighted by Gasteiger charge is 2.18. The molecule has 2 rings (SSSR count). The van der Waals surface area contributed by atoms with Crippen molar-refractivity contribution in [3.05, 3.63) is 53.3 Å². The Hall–Kier alpha value is -2.65. The quantitative estimate of drug-likeness (QED) is 0.709. The van der Waals surface area contributed by atoms with Gasteiger partial charge in [0.15, 0.2) is 11.5 Å². The third-order valence-corrected chi connectivity index (χ3v) is 5.32. The van der Waals surface area contributed by atoms with E-state index in [9.17, 15) is 17.6 Å². The van der Waals surface area contributed by atoms with Crippen molar-refractivity contribution >= 4 is 15.9 Å². The van der Waals surface area contributed by atoms with Gasteiger partial charge in [-0.05, 0) is 49.4 Å². The van der Waals surface area contributed by atoms with E-state index in [0.29, 0.717) is 17.9 Å². The van der Waals surface area contributed by atoms with Gasteiger partial charge in [0.1, 0.15) is 5.82 Å². The molecule has 0 aromatic heterocycles. The molecule has 0 saturated heterocycles. The maximum absolute atomic E-state index is 13.9. The highest BCUT2D eigenvalue weighted by molar-refractivity contribution is 7.89. The molecule has 0 atom stereocenters. The van der Waals surface area contributed by atoms with E-state index in [1.54, 1.807) is 12.1 Å². The highest BCUT2D eigenvalue weighted by Crippen LogP contribution is 2.27. The monoisotopic (exact) mass is 396 g/mol. The van der Waals surface area contributed by atoms with Gasteiger partial charge in [0.25, 0.3) is 5.91 Å². The lowest BCUT2D eigenvalue weighted by molar-refractivity contribution is 0.0950. The number of sulfonamides is 1. The zero-order valence-electron chi connectivity index (χ0n) is 15.2. The van der Waals surface area contributed by atoms with Crippen molar-refractivity contribution in [2.45, 2.75) is 11.3 Å². The molecule has 0 unspecified atom stereocenters. The molecule has 7 nitrogen and oxygen atoms in total. The van der Waals surface area contributed by atoms with Gasteiger partial charge in [0, 0.05) is 6.54 Å². The van der Waals surface area contributed by atoms with Gasteiger partial charge in [0.2, 0.25) is 10.0 Å². The predicted octanol–water partition coefficient (Wildman–Crippen LogP) is 1.72. The standard InChI is InChI=1S/C18H21FN2O5S/c1-20-27(23,24)13-5-6-15(19)14(11-13)18(22)21-9-8-12-4-7-16(25-2)17(10-12)26-3/h4-7,10-11,20H,8-9H2,1-3H3,(H,21,22). The number of amides is 1. The van der Waals surface area contributed by atoms with Gasteiger partial charge in [-0.25, -0.2) is 17.5 Å². The number of hydrogen-bond acceptors (Lipinski definition) is 5. The minimum Gasteiger partial charge on any atom is -0.493 e. The first kappa shape index (κ1) is 20.7. The zero-order valence-corrected chi connectivity index (χ0v) is 16.0. The number of ether oxygens (including phenoxy) is 2. The summed E-state index contributed by atoms with van der Waals surface area (Å²) in [6.45, 7) is 0.233. The molecule has 0 spiro atoms. The van der Waals surface area contributed by atoms with Crippen molar-refractivity contribution in [2.75, 3.05) is 27.8 Å². The van der Waals surface area contributed by atoms with Gasteiger partial charge in [-0.15, -0.1) is 0 Å². The van der Waals surface area contributed by atoms with E-state index in [2.05, 4.69) is 10.0 Å². The van der Waals surface area contributed by atoms with E-state index in [1.807, 2.05) is 6.07 Å². The Labute approximate surface area is 157 Å². The Morgan fingerprint density at radius 2 is 1.78 bits per heavy atom. The summed E-state index contributed by atoms with van der Waals surface area (Å²) in [6.07, 6.45) is 0.474. The Morgan fingerprint density at radius 3 is 2.41 bits per heavy atom. The van der Waals surface area contributed by atoms with E-state index in [4.69, 9.17) is 9.47 Å². The fraction of sp³-hybridized carbons (Fsp3) is 0.278. The predicted molar refractivity (Wildman–Crippen MR) is 98.2 cm³/mol. The number of hydrogen-bond donors (Lipinski definition) is 2. The fourth-order valence-corrected chi connectivity index (χ4v) is 3.17. The molecule has 27 heavy (non-hydrogen) atoms. The van der Waals surface area contributed by atoms with Gasteiger partial charge in [-0.3, -0.25) is 4.79 Å². The number of carbonyl (C=O) groups excluding carboxylic acids is 1. The fourth-order valence-electron chi connectivity index (χ4n) is 2.42. The summed E-state index contributed by atoms with van der Waals surface area (Å²) in [5, 5.41) is 2.58. The molecule has 2 N–H and O–H groups in total. The topological polar surface area (TPSA) is 93.7 Å². The lowest BCUT2D eigenvalue weighted by Gasteiger charge is -2.11. The Kier molecular flexibility index (Phi) is 6.75. The molecule has 1 amide bonds. The van der Waals surface area contributed by atoms with Gasteiger partial charge < -0.3 is 14.8 Å². The lowest BCUT2D eigenvalue weighted by atomic mass is 10.1. The van der Waals surface area contributed by atoms with Crippen molar-refractivity contribution in [2.24, 2.45) is 0 Å². The number of rotatable bonds is 8. The van der Waals surface area contributed by atoms with Crippen LogP contribution in [0.1, 0.15) is 15.9 Å². The second-order valence-corrected chi connectivity index (χ2v) is 7.43. The molecular weight excluding hydrogens is 375 g/mol. The second-order valence-electron chi connectivity index (χ2n) is 5.54. The first-order valence-electron chi connectivity index (χ1n) is 8.04. The van der Waals surface area contributed by atoms with Crippen LogP contribution in [0.4, 0.5) is 4.39 Å². The Morgan fingerprint density at radius 1 is 1.07 bits per heavy atom. The van der Waals surface area contributed by atoms with Crippen molar-refractivity contribution in [1.82, 2.24) is 10.0 Å². The number of nitrogens with one attached hydrogen (secondary N) is 2. The molecule has 146 valence electrons. The molecule has 0 fully saturated rings. The molecule has 0 aliphatic heterocycles. The van der Waals surface area contributed by atoms with Gasteiger partial charge in [-0.1, -0.05) is 6.07 Å². The summed E-state index contributed by atoms with van der Waals surface area (Å²) >= 11 is 0. The first-order chi connectivity index (χ1) is 12.8. The molecule has 0 heterocycles. The van der Waals surface area contributed by atoms with Crippen LogP contribution in [0, 0.1) is 5.82 Å². The number of benzene rings is 2. The van der Waals surface area contributed by atoms with Crippen LogP contribution in [0.3, 0.4) is 0 Å². The number of halogens is 1.